The summed E-state index contributed by atoms with van der Waals surface area (Å²) in [5, 5.41) is 18.3. The molecule has 1 aliphatic carbocycles. The average molecular weight is 212 g/mol. The third kappa shape index (κ3) is 4.04. The Morgan fingerprint density at radius 2 is 2.20 bits per heavy atom. The zero-order chi connectivity index (χ0) is 11.3. The van der Waals surface area contributed by atoms with Gasteiger partial charge in [-0.25, -0.2) is 4.79 Å². The molecule has 0 aromatic carbocycles. The van der Waals surface area contributed by atoms with Crippen molar-refractivity contribution in [3.8, 4) is 0 Å². The van der Waals surface area contributed by atoms with Crippen LogP contribution in [0.1, 0.15) is 45.4 Å². The van der Waals surface area contributed by atoms with E-state index in [0.29, 0.717) is 17.9 Å². The summed E-state index contributed by atoms with van der Waals surface area (Å²) in [6.07, 6.45) is 6.93. The SMILES string of the molecule is CC/C(=C\C[C@H]1CCC[C@@H](O)C1)C(=O)O. The average Bonchev–Trinajstić information content (AvgIpc) is 2.18. The molecule has 0 aromatic heterocycles. The highest BCUT2D eigenvalue weighted by atomic mass is 16.4. The molecular weight excluding hydrogens is 192 g/mol. The molecule has 0 unspecified atom stereocenters. The Kier molecular flexibility index (Phi) is 4.82. The van der Waals surface area contributed by atoms with Crippen molar-refractivity contribution in [1.82, 2.24) is 0 Å². The van der Waals surface area contributed by atoms with Gasteiger partial charge >= 0.3 is 5.97 Å². The monoisotopic (exact) mass is 212 g/mol. The number of allylic oxidation sites excluding steroid dienone is 1. The Balaban J connectivity index is 2.43. The first-order valence-electron chi connectivity index (χ1n) is 5.73. The summed E-state index contributed by atoms with van der Waals surface area (Å²) in [6, 6.07) is 0. The number of aliphatic hydroxyl groups is 1. The van der Waals surface area contributed by atoms with Crippen molar-refractivity contribution in [1.29, 1.82) is 0 Å². The zero-order valence-corrected chi connectivity index (χ0v) is 9.28. The lowest BCUT2D eigenvalue weighted by Gasteiger charge is -2.24. The quantitative estimate of drug-likeness (QED) is 0.703. The van der Waals surface area contributed by atoms with Crippen molar-refractivity contribution < 1.29 is 15.0 Å². The molecule has 86 valence electrons. The van der Waals surface area contributed by atoms with E-state index in [-0.39, 0.29) is 6.10 Å². The minimum Gasteiger partial charge on any atom is -0.478 e. The molecule has 0 saturated heterocycles. The van der Waals surface area contributed by atoms with Gasteiger partial charge in [0.05, 0.1) is 6.10 Å². The largest absolute Gasteiger partial charge is 0.478 e. The lowest BCUT2D eigenvalue weighted by molar-refractivity contribution is -0.132. The third-order valence-electron chi connectivity index (χ3n) is 3.11. The van der Waals surface area contributed by atoms with E-state index in [1.54, 1.807) is 0 Å². The third-order valence-corrected chi connectivity index (χ3v) is 3.11. The van der Waals surface area contributed by atoms with Crippen molar-refractivity contribution >= 4 is 5.97 Å². The molecule has 3 nitrogen and oxygen atoms in total. The molecule has 0 amide bonds. The second kappa shape index (κ2) is 5.91. The van der Waals surface area contributed by atoms with E-state index in [1.165, 1.54) is 0 Å². The summed E-state index contributed by atoms with van der Waals surface area (Å²) in [4.78, 5) is 10.7. The number of rotatable bonds is 4. The predicted octanol–water partition coefficient (Wildman–Crippen LogP) is 2.35. The molecule has 3 heteroatoms. The van der Waals surface area contributed by atoms with Gasteiger partial charge in [0.2, 0.25) is 0 Å². The molecule has 0 aliphatic heterocycles. The molecule has 0 radical (unpaired) electrons. The van der Waals surface area contributed by atoms with Crippen molar-refractivity contribution in [2.75, 3.05) is 0 Å². The fraction of sp³-hybridized carbons (Fsp3) is 0.750. The molecule has 1 rings (SSSR count). The first kappa shape index (κ1) is 12.2. The predicted molar refractivity (Wildman–Crippen MR) is 58.6 cm³/mol. The molecule has 15 heavy (non-hydrogen) atoms. The number of carboxylic acid groups (broad SMARTS) is 1. The van der Waals surface area contributed by atoms with Crippen LogP contribution < -0.4 is 0 Å². The maximum atomic E-state index is 10.7. The molecule has 1 aliphatic rings. The van der Waals surface area contributed by atoms with Crippen molar-refractivity contribution in [3.63, 3.8) is 0 Å². The smallest absolute Gasteiger partial charge is 0.331 e. The Hall–Kier alpha value is -0.830. The van der Waals surface area contributed by atoms with Crippen LogP contribution in [-0.4, -0.2) is 22.3 Å². The lowest BCUT2D eigenvalue weighted by atomic mass is 9.85. The Morgan fingerprint density at radius 1 is 1.47 bits per heavy atom. The molecule has 0 bridgehead atoms. The maximum absolute atomic E-state index is 10.7. The molecule has 2 atom stereocenters. The topological polar surface area (TPSA) is 57.5 Å². The van der Waals surface area contributed by atoms with Crippen LogP contribution in [0.25, 0.3) is 0 Å². The Morgan fingerprint density at radius 3 is 2.73 bits per heavy atom. The number of hydrogen-bond donors (Lipinski definition) is 2. The summed E-state index contributed by atoms with van der Waals surface area (Å²) in [6.45, 7) is 1.86. The molecule has 0 aromatic rings. The van der Waals surface area contributed by atoms with Crippen LogP contribution in [0, 0.1) is 5.92 Å². The van der Waals surface area contributed by atoms with Crippen LogP contribution in [0.5, 0.6) is 0 Å². The van der Waals surface area contributed by atoms with Crippen LogP contribution in [0.4, 0.5) is 0 Å². The number of carboxylic acids is 1. The molecule has 0 spiro atoms. The van der Waals surface area contributed by atoms with E-state index in [1.807, 2.05) is 13.0 Å². The van der Waals surface area contributed by atoms with Crippen molar-refractivity contribution in [2.24, 2.45) is 5.92 Å². The second-order valence-electron chi connectivity index (χ2n) is 4.31. The summed E-state index contributed by atoms with van der Waals surface area (Å²) < 4.78 is 0. The van der Waals surface area contributed by atoms with Gasteiger partial charge < -0.3 is 10.2 Å². The lowest BCUT2D eigenvalue weighted by Crippen LogP contribution is -2.19. The molecule has 1 fully saturated rings. The Bertz CT molecular complexity index is 245. The van der Waals surface area contributed by atoms with E-state index >= 15 is 0 Å². The maximum Gasteiger partial charge on any atom is 0.331 e. The first-order valence-corrected chi connectivity index (χ1v) is 5.73. The van der Waals surface area contributed by atoms with E-state index in [4.69, 9.17) is 5.11 Å². The molecule has 1 saturated carbocycles. The van der Waals surface area contributed by atoms with Crippen LogP contribution >= 0.6 is 0 Å². The number of carbonyl (C=O) groups is 1. The normalized spacial score (nSPS) is 27.7. The van der Waals surface area contributed by atoms with Gasteiger partial charge in [-0.3, -0.25) is 0 Å². The van der Waals surface area contributed by atoms with Gasteiger partial charge in [-0.15, -0.1) is 0 Å². The minimum absolute atomic E-state index is 0.174. The molecular formula is C12H20O3. The standard InChI is InChI=1S/C12H20O3/c1-2-10(12(14)15)7-6-9-4-3-5-11(13)8-9/h7,9,11,13H,2-6,8H2,1H3,(H,14,15)/b10-7+/t9-,11-/m1/s1. The highest BCUT2D eigenvalue weighted by molar-refractivity contribution is 5.86. The van der Waals surface area contributed by atoms with Crippen LogP contribution in [0.15, 0.2) is 11.6 Å². The van der Waals surface area contributed by atoms with Crippen molar-refractivity contribution in [3.05, 3.63) is 11.6 Å². The molecule has 0 heterocycles. The van der Waals surface area contributed by atoms with Gasteiger partial charge in [-0.2, -0.15) is 0 Å². The highest BCUT2D eigenvalue weighted by Crippen LogP contribution is 2.27. The molecule has 2 N–H and O–H groups in total. The number of aliphatic hydroxyl groups excluding tert-OH is 1. The first-order chi connectivity index (χ1) is 7.13. The second-order valence-corrected chi connectivity index (χ2v) is 4.31. The highest BCUT2D eigenvalue weighted by Gasteiger charge is 2.19. The zero-order valence-electron chi connectivity index (χ0n) is 9.28. The van der Waals surface area contributed by atoms with Gasteiger partial charge in [0.25, 0.3) is 0 Å². The van der Waals surface area contributed by atoms with Crippen LogP contribution in [0.3, 0.4) is 0 Å². The summed E-state index contributed by atoms with van der Waals surface area (Å²) >= 11 is 0. The Labute approximate surface area is 90.8 Å². The van der Waals surface area contributed by atoms with Crippen LogP contribution in [0.2, 0.25) is 0 Å². The fourth-order valence-corrected chi connectivity index (χ4v) is 2.17. The summed E-state index contributed by atoms with van der Waals surface area (Å²) in [5.41, 5.74) is 0.495. The number of aliphatic carboxylic acids is 1. The van der Waals surface area contributed by atoms with Gasteiger partial charge in [0.15, 0.2) is 0 Å². The van der Waals surface area contributed by atoms with E-state index in [0.717, 1.165) is 32.1 Å². The minimum atomic E-state index is -0.811. The fourth-order valence-electron chi connectivity index (χ4n) is 2.17. The van der Waals surface area contributed by atoms with Gasteiger partial charge in [-0.05, 0) is 38.0 Å². The van der Waals surface area contributed by atoms with Gasteiger partial charge in [0.1, 0.15) is 0 Å². The van der Waals surface area contributed by atoms with Gasteiger partial charge in [0, 0.05) is 5.57 Å². The summed E-state index contributed by atoms with van der Waals surface area (Å²) in [5.74, 6) is -0.344. The van der Waals surface area contributed by atoms with Crippen LogP contribution in [-0.2, 0) is 4.79 Å². The number of hydrogen-bond acceptors (Lipinski definition) is 2. The van der Waals surface area contributed by atoms with Crippen molar-refractivity contribution in [2.45, 2.75) is 51.6 Å². The summed E-state index contributed by atoms with van der Waals surface area (Å²) in [7, 11) is 0. The van der Waals surface area contributed by atoms with E-state index in [2.05, 4.69) is 0 Å². The van der Waals surface area contributed by atoms with E-state index < -0.39 is 5.97 Å². The van der Waals surface area contributed by atoms with E-state index in [9.17, 15) is 9.90 Å². The van der Waals surface area contributed by atoms with Gasteiger partial charge in [-0.1, -0.05) is 19.4 Å².